The Kier molecular flexibility index (Phi) is 5.60. The minimum Gasteiger partial charge on any atom is -0.342 e. The number of carbonyl (C=O) groups is 2. The fraction of sp³-hybridized carbons (Fsp3) is 0.895. The summed E-state index contributed by atoms with van der Waals surface area (Å²) in [7, 11) is 0. The Labute approximate surface area is 140 Å². The van der Waals surface area contributed by atoms with Gasteiger partial charge in [-0.2, -0.15) is 0 Å². The first-order valence-corrected chi connectivity index (χ1v) is 9.72. The molecule has 0 aromatic rings. The molecule has 0 aromatic carbocycles. The van der Waals surface area contributed by atoms with Gasteiger partial charge in [-0.3, -0.25) is 9.59 Å². The third-order valence-corrected chi connectivity index (χ3v) is 6.06. The summed E-state index contributed by atoms with van der Waals surface area (Å²) < 4.78 is 0. The molecule has 1 unspecified atom stereocenters. The number of rotatable bonds is 2. The molecule has 1 atom stereocenters. The van der Waals surface area contributed by atoms with Gasteiger partial charge in [-0.15, -0.1) is 0 Å². The van der Waals surface area contributed by atoms with Crippen LogP contribution in [0.15, 0.2) is 0 Å². The van der Waals surface area contributed by atoms with E-state index < -0.39 is 0 Å². The highest BCUT2D eigenvalue weighted by Gasteiger charge is 2.34. The number of carbonyl (C=O) groups excluding carboxylic acids is 2. The molecule has 130 valence electrons. The number of hydrogen-bond donors (Lipinski definition) is 0. The first-order valence-electron chi connectivity index (χ1n) is 9.72. The van der Waals surface area contributed by atoms with Gasteiger partial charge in [0.2, 0.25) is 11.8 Å². The number of piperidine rings is 2. The van der Waals surface area contributed by atoms with Gasteiger partial charge >= 0.3 is 0 Å². The maximum absolute atomic E-state index is 12.7. The fourth-order valence-corrected chi connectivity index (χ4v) is 4.61. The van der Waals surface area contributed by atoms with Crippen molar-refractivity contribution >= 4 is 11.8 Å². The maximum Gasteiger partial charge on any atom is 0.225 e. The third-order valence-electron chi connectivity index (χ3n) is 6.06. The van der Waals surface area contributed by atoms with Crippen molar-refractivity contribution in [3.63, 3.8) is 0 Å². The molecule has 2 aliphatic heterocycles. The third kappa shape index (κ3) is 4.07. The van der Waals surface area contributed by atoms with Crippen LogP contribution in [0.2, 0.25) is 0 Å². The summed E-state index contributed by atoms with van der Waals surface area (Å²) >= 11 is 0. The lowest BCUT2D eigenvalue weighted by atomic mass is 9.80. The van der Waals surface area contributed by atoms with E-state index in [0.29, 0.717) is 17.7 Å². The number of hydrogen-bond acceptors (Lipinski definition) is 2. The van der Waals surface area contributed by atoms with E-state index in [9.17, 15) is 9.59 Å². The first kappa shape index (κ1) is 16.8. The van der Waals surface area contributed by atoms with Crippen LogP contribution in [-0.4, -0.2) is 47.8 Å². The molecule has 0 N–H and O–H groups in total. The van der Waals surface area contributed by atoms with Gasteiger partial charge in [-0.05, 0) is 63.7 Å². The van der Waals surface area contributed by atoms with Crippen LogP contribution in [0.1, 0.15) is 64.7 Å². The molecular weight excluding hydrogens is 288 g/mol. The highest BCUT2D eigenvalue weighted by molar-refractivity contribution is 5.81. The van der Waals surface area contributed by atoms with Crippen molar-refractivity contribution in [2.45, 2.75) is 64.7 Å². The Bertz CT molecular complexity index is 423. The zero-order valence-corrected chi connectivity index (χ0v) is 14.6. The normalized spacial score (nSPS) is 32.7. The number of likely N-dealkylation sites (tertiary alicyclic amines) is 2. The molecule has 0 spiro atoms. The van der Waals surface area contributed by atoms with Gasteiger partial charge in [0.25, 0.3) is 0 Å². The largest absolute Gasteiger partial charge is 0.342 e. The van der Waals surface area contributed by atoms with E-state index in [1.54, 1.807) is 0 Å². The average Bonchev–Trinajstić information content (AvgIpc) is 2.61. The van der Waals surface area contributed by atoms with Crippen LogP contribution in [0.4, 0.5) is 0 Å². The summed E-state index contributed by atoms with van der Waals surface area (Å²) in [5, 5.41) is 0. The van der Waals surface area contributed by atoms with E-state index in [1.165, 1.54) is 12.8 Å². The van der Waals surface area contributed by atoms with Gasteiger partial charge < -0.3 is 9.80 Å². The molecule has 0 radical (unpaired) electrons. The summed E-state index contributed by atoms with van der Waals surface area (Å²) in [6.45, 7) is 6.02. The lowest BCUT2D eigenvalue weighted by molar-refractivity contribution is -0.142. The van der Waals surface area contributed by atoms with E-state index in [4.69, 9.17) is 0 Å². The SMILES string of the molecule is CC1CCCN(C(=O)C2CCC(C(=O)N3CCCCC3)CC2)C1. The van der Waals surface area contributed by atoms with Crippen molar-refractivity contribution in [1.82, 2.24) is 9.80 Å². The molecule has 1 aliphatic carbocycles. The number of amides is 2. The van der Waals surface area contributed by atoms with Gasteiger partial charge in [0.15, 0.2) is 0 Å². The van der Waals surface area contributed by atoms with Gasteiger partial charge in [0.1, 0.15) is 0 Å². The lowest BCUT2D eigenvalue weighted by Gasteiger charge is -2.37. The molecule has 3 fully saturated rings. The summed E-state index contributed by atoms with van der Waals surface area (Å²) in [4.78, 5) is 29.5. The van der Waals surface area contributed by atoms with Gasteiger partial charge in [0.05, 0.1) is 0 Å². The molecule has 0 aromatic heterocycles. The van der Waals surface area contributed by atoms with Crippen LogP contribution < -0.4 is 0 Å². The number of nitrogens with zero attached hydrogens (tertiary/aromatic N) is 2. The first-order chi connectivity index (χ1) is 11.1. The zero-order valence-electron chi connectivity index (χ0n) is 14.6. The molecule has 3 rings (SSSR count). The average molecular weight is 320 g/mol. The van der Waals surface area contributed by atoms with E-state index in [-0.39, 0.29) is 11.8 Å². The molecule has 4 heteroatoms. The van der Waals surface area contributed by atoms with Crippen molar-refractivity contribution in [2.75, 3.05) is 26.2 Å². The topological polar surface area (TPSA) is 40.6 Å². The van der Waals surface area contributed by atoms with E-state index in [2.05, 4.69) is 16.7 Å². The maximum atomic E-state index is 12.7. The second kappa shape index (κ2) is 7.67. The Morgan fingerprint density at radius 2 is 1.22 bits per heavy atom. The van der Waals surface area contributed by atoms with Crippen LogP contribution in [0.25, 0.3) is 0 Å². The standard InChI is InChI=1S/C19H32N2O2/c1-15-6-5-13-21(14-15)19(23)17-9-7-16(8-10-17)18(22)20-11-3-2-4-12-20/h15-17H,2-14H2,1H3. The fourth-order valence-electron chi connectivity index (χ4n) is 4.61. The Morgan fingerprint density at radius 3 is 1.78 bits per heavy atom. The molecule has 0 bridgehead atoms. The lowest BCUT2D eigenvalue weighted by Crippen LogP contribution is -2.45. The van der Waals surface area contributed by atoms with Crippen molar-refractivity contribution in [3.05, 3.63) is 0 Å². The van der Waals surface area contributed by atoms with Crippen molar-refractivity contribution in [2.24, 2.45) is 17.8 Å². The van der Waals surface area contributed by atoms with Gasteiger partial charge in [-0.1, -0.05) is 6.92 Å². The molecule has 1 saturated carbocycles. The second-order valence-electron chi connectivity index (χ2n) is 7.97. The van der Waals surface area contributed by atoms with Crippen LogP contribution in [0.5, 0.6) is 0 Å². The minimum absolute atomic E-state index is 0.172. The highest BCUT2D eigenvalue weighted by atomic mass is 16.2. The molecular formula is C19H32N2O2. The summed E-state index contributed by atoms with van der Waals surface area (Å²) in [5.74, 6) is 1.72. The van der Waals surface area contributed by atoms with Crippen LogP contribution in [-0.2, 0) is 9.59 Å². The summed E-state index contributed by atoms with van der Waals surface area (Å²) in [5.41, 5.74) is 0. The van der Waals surface area contributed by atoms with Crippen LogP contribution in [0, 0.1) is 17.8 Å². The monoisotopic (exact) mass is 320 g/mol. The minimum atomic E-state index is 0.172. The Hall–Kier alpha value is -1.06. The zero-order chi connectivity index (χ0) is 16.2. The molecule has 3 aliphatic rings. The molecule has 23 heavy (non-hydrogen) atoms. The van der Waals surface area contributed by atoms with Gasteiger partial charge in [-0.25, -0.2) is 0 Å². The Morgan fingerprint density at radius 1 is 0.696 bits per heavy atom. The van der Waals surface area contributed by atoms with Crippen molar-refractivity contribution in [3.8, 4) is 0 Å². The predicted octanol–water partition coefficient (Wildman–Crippen LogP) is 3.06. The molecule has 2 heterocycles. The van der Waals surface area contributed by atoms with Crippen LogP contribution >= 0.6 is 0 Å². The van der Waals surface area contributed by atoms with Crippen molar-refractivity contribution < 1.29 is 9.59 Å². The highest BCUT2D eigenvalue weighted by Crippen LogP contribution is 2.32. The smallest absolute Gasteiger partial charge is 0.225 e. The molecule has 4 nitrogen and oxygen atoms in total. The molecule has 2 amide bonds. The Balaban J connectivity index is 1.47. The van der Waals surface area contributed by atoms with E-state index in [1.807, 2.05) is 0 Å². The van der Waals surface area contributed by atoms with E-state index >= 15 is 0 Å². The summed E-state index contributed by atoms with van der Waals surface area (Å²) in [6.07, 6.45) is 9.63. The van der Waals surface area contributed by atoms with Crippen molar-refractivity contribution in [1.29, 1.82) is 0 Å². The van der Waals surface area contributed by atoms with E-state index in [0.717, 1.165) is 71.1 Å². The predicted molar refractivity (Wildman–Crippen MR) is 90.9 cm³/mol. The second-order valence-corrected chi connectivity index (χ2v) is 7.97. The molecule has 2 saturated heterocycles. The van der Waals surface area contributed by atoms with Gasteiger partial charge in [0, 0.05) is 38.0 Å². The quantitative estimate of drug-likeness (QED) is 0.784. The summed E-state index contributed by atoms with van der Waals surface area (Å²) in [6, 6.07) is 0. The van der Waals surface area contributed by atoms with Crippen LogP contribution in [0.3, 0.4) is 0 Å².